The Kier molecular flexibility index (Phi) is 9.03. The Labute approximate surface area is 140 Å². The highest BCUT2D eigenvalue weighted by Crippen LogP contribution is 2.32. The maximum absolute atomic E-state index is 11.7. The SMILES string of the molecule is CCC(C)C(=O)OCCNC(=O)NCC1CCC(C(C)C)CC1. The van der Waals surface area contributed by atoms with Gasteiger partial charge in [0.2, 0.25) is 0 Å². The number of esters is 1. The molecule has 1 saturated carbocycles. The molecule has 0 aromatic heterocycles. The third-order valence-corrected chi connectivity index (χ3v) is 5.03. The van der Waals surface area contributed by atoms with Crippen LogP contribution in [0.3, 0.4) is 0 Å². The van der Waals surface area contributed by atoms with Crippen LogP contribution < -0.4 is 10.6 Å². The second kappa shape index (κ2) is 10.5. The molecule has 1 fully saturated rings. The summed E-state index contributed by atoms with van der Waals surface area (Å²) in [6.45, 7) is 9.71. The summed E-state index contributed by atoms with van der Waals surface area (Å²) in [5, 5.41) is 5.66. The molecule has 1 atom stereocenters. The molecule has 0 bridgehead atoms. The largest absolute Gasteiger partial charge is 0.464 e. The highest BCUT2D eigenvalue weighted by molar-refractivity contribution is 5.74. The molecule has 0 aromatic rings. The summed E-state index contributed by atoms with van der Waals surface area (Å²) < 4.78 is 5.09. The van der Waals surface area contributed by atoms with Gasteiger partial charge in [0.05, 0.1) is 12.5 Å². The molecule has 134 valence electrons. The number of hydrogen-bond donors (Lipinski definition) is 2. The molecule has 23 heavy (non-hydrogen) atoms. The van der Waals surface area contributed by atoms with Crippen molar-refractivity contribution < 1.29 is 14.3 Å². The number of carbonyl (C=O) groups is 2. The second-order valence-corrected chi connectivity index (χ2v) is 7.14. The van der Waals surface area contributed by atoms with Crippen LogP contribution in [0.2, 0.25) is 0 Å². The van der Waals surface area contributed by atoms with Gasteiger partial charge >= 0.3 is 12.0 Å². The molecule has 1 rings (SSSR count). The predicted octanol–water partition coefficient (Wildman–Crippen LogP) is 3.34. The van der Waals surface area contributed by atoms with Gasteiger partial charge in [0.1, 0.15) is 6.61 Å². The van der Waals surface area contributed by atoms with E-state index in [1.165, 1.54) is 25.7 Å². The Bertz CT molecular complexity index is 363. The Balaban J connectivity index is 2.06. The minimum Gasteiger partial charge on any atom is -0.464 e. The van der Waals surface area contributed by atoms with E-state index in [1.54, 1.807) is 0 Å². The number of rotatable bonds is 8. The van der Waals surface area contributed by atoms with Gasteiger partial charge in [-0.05, 0) is 49.9 Å². The molecule has 2 amide bonds. The van der Waals surface area contributed by atoms with Crippen molar-refractivity contribution in [3.8, 4) is 0 Å². The van der Waals surface area contributed by atoms with Gasteiger partial charge in [-0.3, -0.25) is 4.79 Å². The molecule has 0 spiro atoms. The van der Waals surface area contributed by atoms with E-state index in [1.807, 2.05) is 13.8 Å². The first-order valence-electron chi connectivity index (χ1n) is 9.12. The van der Waals surface area contributed by atoms with Crippen LogP contribution >= 0.6 is 0 Å². The molecule has 0 radical (unpaired) electrons. The van der Waals surface area contributed by atoms with Crippen LogP contribution in [-0.2, 0) is 9.53 Å². The molecule has 0 aromatic carbocycles. The fraction of sp³-hybridized carbons (Fsp3) is 0.889. The quantitative estimate of drug-likeness (QED) is 0.531. The molecule has 0 aliphatic heterocycles. The maximum atomic E-state index is 11.7. The van der Waals surface area contributed by atoms with Gasteiger partial charge in [0.25, 0.3) is 0 Å². The Morgan fingerprint density at radius 3 is 2.30 bits per heavy atom. The van der Waals surface area contributed by atoms with Crippen molar-refractivity contribution in [1.29, 1.82) is 0 Å². The first-order valence-corrected chi connectivity index (χ1v) is 9.12. The van der Waals surface area contributed by atoms with Gasteiger partial charge in [0.15, 0.2) is 0 Å². The summed E-state index contributed by atoms with van der Waals surface area (Å²) in [6, 6.07) is -0.171. The smallest absolute Gasteiger partial charge is 0.314 e. The van der Waals surface area contributed by atoms with Gasteiger partial charge in [-0.15, -0.1) is 0 Å². The number of hydrogen-bond acceptors (Lipinski definition) is 3. The lowest BCUT2D eigenvalue weighted by molar-refractivity contribution is -0.147. The van der Waals surface area contributed by atoms with Gasteiger partial charge in [-0.25, -0.2) is 4.79 Å². The molecule has 1 unspecified atom stereocenters. The van der Waals surface area contributed by atoms with Crippen LogP contribution in [-0.4, -0.2) is 31.7 Å². The normalized spacial score (nSPS) is 22.5. The molecule has 1 aliphatic rings. The van der Waals surface area contributed by atoms with Gasteiger partial charge in [-0.2, -0.15) is 0 Å². The summed E-state index contributed by atoms with van der Waals surface area (Å²) in [7, 11) is 0. The van der Waals surface area contributed by atoms with E-state index in [9.17, 15) is 9.59 Å². The third-order valence-electron chi connectivity index (χ3n) is 5.03. The van der Waals surface area contributed by atoms with Crippen molar-refractivity contribution in [3.05, 3.63) is 0 Å². The van der Waals surface area contributed by atoms with Crippen molar-refractivity contribution in [2.75, 3.05) is 19.7 Å². The molecule has 1 aliphatic carbocycles. The maximum Gasteiger partial charge on any atom is 0.314 e. The first-order chi connectivity index (χ1) is 10.9. The van der Waals surface area contributed by atoms with Crippen LogP contribution in [0.15, 0.2) is 0 Å². The molecular weight excluding hydrogens is 292 g/mol. The molecule has 0 saturated heterocycles. The van der Waals surface area contributed by atoms with Gasteiger partial charge in [0, 0.05) is 6.54 Å². The van der Waals surface area contributed by atoms with Crippen LogP contribution in [0, 0.1) is 23.7 Å². The molecule has 2 N–H and O–H groups in total. The fourth-order valence-corrected chi connectivity index (χ4v) is 2.98. The lowest BCUT2D eigenvalue weighted by Crippen LogP contribution is -2.40. The van der Waals surface area contributed by atoms with E-state index in [0.717, 1.165) is 24.8 Å². The topological polar surface area (TPSA) is 67.4 Å². The van der Waals surface area contributed by atoms with E-state index in [2.05, 4.69) is 24.5 Å². The second-order valence-electron chi connectivity index (χ2n) is 7.14. The van der Waals surface area contributed by atoms with Crippen molar-refractivity contribution in [1.82, 2.24) is 10.6 Å². The lowest BCUT2D eigenvalue weighted by atomic mass is 9.77. The zero-order valence-corrected chi connectivity index (χ0v) is 15.2. The highest BCUT2D eigenvalue weighted by Gasteiger charge is 2.23. The number of urea groups is 1. The van der Waals surface area contributed by atoms with E-state index >= 15 is 0 Å². The van der Waals surface area contributed by atoms with Crippen LogP contribution in [0.4, 0.5) is 4.79 Å². The van der Waals surface area contributed by atoms with Gasteiger partial charge in [-0.1, -0.05) is 27.7 Å². The van der Waals surface area contributed by atoms with Gasteiger partial charge < -0.3 is 15.4 Å². The number of carbonyl (C=O) groups excluding carboxylic acids is 2. The zero-order chi connectivity index (χ0) is 17.2. The average molecular weight is 326 g/mol. The van der Waals surface area contributed by atoms with Crippen molar-refractivity contribution in [2.24, 2.45) is 23.7 Å². The van der Waals surface area contributed by atoms with Crippen LogP contribution in [0.1, 0.15) is 59.8 Å². The Hall–Kier alpha value is -1.26. The zero-order valence-electron chi connectivity index (χ0n) is 15.2. The minimum absolute atomic E-state index is 0.0789. The Morgan fingerprint density at radius 2 is 1.74 bits per heavy atom. The Morgan fingerprint density at radius 1 is 1.09 bits per heavy atom. The molecule has 5 heteroatoms. The highest BCUT2D eigenvalue weighted by atomic mass is 16.5. The molecule has 0 heterocycles. The van der Waals surface area contributed by atoms with E-state index in [4.69, 9.17) is 4.74 Å². The third kappa shape index (κ3) is 7.71. The molecular formula is C18H34N2O3. The number of nitrogens with one attached hydrogen (secondary N) is 2. The van der Waals surface area contributed by atoms with Crippen LogP contribution in [0.25, 0.3) is 0 Å². The van der Waals surface area contributed by atoms with Crippen molar-refractivity contribution in [3.63, 3.8) is 0 Å². The van der Waals surface area contributed by atoms with Crippen molar-refractivity contribution in [2.45, 2.75) is 59.8 Å². The van der Waals surface area contributed by atoms with Crippen molar-refractivity contribution >= 4 is 12.0 Å². The van der Waals surface area contributed by atoms with E-state index in [0.29, 0.717) is 12.5 Å². The number of ether oxygens (including phenoxy) is 1. The van der Waals surface area contributed by atoms with E-state index in [-0.39, 0.29) is 24.5 Å². The minimum atomic E-state index is -0.198. The summed E-state index contributed by atoms with van der Waals surface area (Å²) in [5.41, 5.74) is 0. The summed E-state index contributed by atoms with van der Waals surface area (Å²) in [5.74, 6) is 1.94. The summed E-state index contributed by atoms with van der Waals surface area (Å²) in [4.78, 5) is 23.2. The lowest BCUT2D eigenvalue weighted by Gasteiger charge is -2.30. The predicted molar refractivity (Wildman–Crippen MR) is 92.1 cm³/mol. The van der Waals surface area contributed by atoms with Crippen LogP contribution in [0.5, 0.6) is 0 Å². The van der Waals surface area contributed by atoms with E-state index < -0.39 is 0 Å². The monoisotopic (exact) mass is 326 g/mol. The first kappa shape index (κ1) is 19.8. The summed E-state index contributed by atoms with van der Waals surface area (Å²) in [6.07, 6.45) is 5.73. The fourth-order valence-electron chi connectivity index (χ4n) is 2.98. The standard InChI is InChI=1S/C18H34N2O3/c1-5-14(4)17(21)23-11-10-19-18(22)20-12-15-6-8-16(9-7-15)13(2)3/h13-16H,5-12H2,1-4H3,(H2,19,20,22). The summed E-state index contributed by atoms with van der Waals surface area (Å²) >= 11 is 0. The number of amides is 2. The average Bonchev–Trinajstić information content (AvgIpc) is 2.56. The molecule has 5 nitrogen and oxygen atoms in total.